The zero-order valence-electron chi connectivity index (χ0n) is 68.6. The van der Waals surface area contributed by atoms with Crippen molar-refractivity contribution in [2.45, 2.75) is 133 Å². The number of hydrogen-bond donors (Lipinski definition) is 3. The van der Waals surface area contributed by atoms with Crippen LogP contribution in [0.4, 0.5) is 16.4 Å². The third-order valence-corrected chi connectivity index (χ3v) is 25.8. The van der Waals surface area contributed by atoms with Crippen LogP contribution in [0.15, 0.2) is 207 Å². The van der Waals surface area contributed by atoms with E-state index in [1.807, 2.05) is 133 Å². The average Bonchev–Trinajstić information content (AvgIpc) is 1.68. The molecule has 8 atom stereocenters. The van der Waals surface area contributed by atoms with Gasteiger partial charge in [-0.15, -0.1) is 0 Å². The summed E-state index contributed by atoms with van der Waals surface area (Å²) in [6.45, 7) is 7.86. The Bertz CT molecular complexity index is 5460. The van der Waals surface area contributed by atoms with Gasteiger partial charge < -0.3 is 58.3 Å². The third kappa shape index (κ3) is 20.2. The smallest absolute Gasteiger partial charge is 0.475 e. The van der Waals surface area contributed by atoms with Gasteiger partial charge in [-0.25, -0.2) is 39.3 Å². The van der Waals surface area contributed by atoms with Crippen molar-refractivity contribution in [3.05, 3.63) is 252 Å². The SMILES string of the molecule is COc1ccc(C(OC[C@H]2O[C@@H](n3cnc4c(NC(=O)c5ccc(CNC(=O)Cc6ccccc6)cc5)ncnc43)C[C@H]2OP(=O)(OCCC#N)OC[C@H]2O[C@@H](n3cnc4c(NC(=O)CCCN(C)C(=O)OCC5c6ccccc6-c6ccccc65)ncnc43)C[C@H]2OP(OCCC#N)C(C(C)C)C(C)C)(c2ccccc2)c2ccc(OC)cc2)cc1. The highest BCUT2D eigenvalue weighted by Gasteiger charge is 2.49. The number of hydrogen-bond acceptors (Lipinski definition) is 24. The Morgan fingerprint density at radius 1 is 0.607 bits per heavy atom. The number of benzene rings is 7. The van der Waals surface area contributed by atoms with Crippen molar-refractivity contribution in [3.8, 4) is 34.8 Å². The Morgan fingerprint density at radius 3 is 1.73 bits per heavy atom. The molecular weight excluding hydrogens is 1600 g/mol. The fourth-order valence-electron chi connectivity index (χ4n) is 15.7. The maximum absolute atomic E-state index is 16.2. The lowest BCUT2D eigenvalue weighted by molar-refractivity contribution is -0.120. The highest BCUT2D eigenvalue weighted by molar-refractivity contribution is 7.48. The second kappa shape index (κ2) is 40.3. The van der Waals surface area contributed by atoms with Crippen molar-refractivity contribution in [3.63, 3.8) is 0 Å². The van der Waals surface area contributed by atoms with Crippen molar-refractivity contribution in [2.75, 3.05) is 71.5 Å². The molecule has 2 fully saturated rings. The van der Waals surface area contributed by atoms with E-state index in [1.165, 1.54) is 30.2 Å². The van der Waals surface area contributed by atoms with E-state index in [-0.39, 0.29) is 141 Å². The number of nitrogens with zero attached hydrogens (tertiary/aromatic N) is 11. The standard InChI is InChI=1S/C90H96N14O16P2/c1-58(2)83(59(3)4)121(114-45-19-42-91)119-73-48-79(103-56-98-81-84(94-54-96-86(81)103)100-77(105)29-18-44-102(5)89(108)112-51-72-70-27-16-14-25-68(70)69-26-15-17-28-71(69)72)118-76(73)53-116-122(109,115-46-20-43-92)120-74-49-80(117-75(74)52-113-90(63-23-12-9-13-24-63,64-34-38-66(110-6)39-35-64)65-36-40-67(111-7)41-37-65)104-57-99-82-85(95-55-97-87(82)104)101-88(107)62-32-30-61(31-33-62)50-93-78(106)47-60-21-10-8-11-22-60/h8-17,21-28,30-41,54-59,72-76,79-80,83H,18-20,29,44-53H2,1-7H3,(H,93,106)(H,94,96,100,105)(H,95,97,101,107)/t73-,74-,75-,76-,79-,80-,121?,122?/m1/s1. The van der Waals surface area contributed by atoms with Gasteiger partial charge >= 0.3 is 13.9 Å². The first kappa shape index (κ1) is 86.6. The topological polar surface area (TPSA) is 361 Å². The number of phosphoric acid groups is 1. The Balaban J connectivity index is 0.729. The number of ether oxygens (including phenoxy) is 6. The van der Waals surface area contributed by atoms with Crippen LogP contribution in [-0.4, -0.2) is 159 Å². The molecule has 4 amide bonds. The van der Waals surface area contributed by atoms with Crippen LogP contribution in [0.5, 0.6) is 11.5 Å². The fraction of sp³-hybridized carbons (Fsp3) is 0.356. The van der Waals surface area contributed by atoms with E-state index in [2.05, 4.69) is 100.0 Å². The van der Waals surface area contributed by atoms with Crippen LogP contribution in [0.3, 0.4) is 0 Å². The van der Waals surface area contributed by atoms with Crippen LogP contribution >= 0.6 is 16.2 Å². The lowest BCUT2D eigenvalue weighted by atomic mass is 9.80. The predicted molar refractivity (Wildman–Crippen MR) is 454 cm³/mol. The fourth-order valence-corrected chi connectivity index (χ4v) is 19.2. The molecule has 0 saturated carbocycles. The van der Waals surface area contributed by atoms with Gasteiger partial charge in [-0.3, -0.25) is 37.1 Å². The number of carbonyl (C=O) groups is 4. The van der Waals surface area contributed by atoms with Crippen molar-refractivity contribution >= 4 is 74.0 Å². The predicted octanol–water partition coefficient (Wildman–Crippen LogP) is 15.7. The molecule has 1 aliphatic carbocycles. The van der Waals surface area contributed by atoms with Crippen molar-refractivity contribution in [2.24, 2.45) is 11.8 Å². The Labute approximate surface area is 708 Å². The van der Waals surface area contributed by atoms with Crippen molar-refractivity contribution < 1.29 is 74.8 Å². The summed E-state index contributed by atoms with van der Waals surface area (Å²) in [7, 11) is -1.91. The highest BCUT2D eigenvalue weighted by Crippen LogP contribution is 2.57. The monoisotopic (exact) mass is 1690 g/mol. The number of imidazole rings is 2. The minimum Gasteiger partial charge on any atom is -0.497 e. The molecule has 0 radical (unpaired) electrons. The van der Waals surface area contributed by atoms with Crippen LogP contribution in [-0.2, 0) is 74.3 Å². The number of carbonyl (C=O) groups excluding carboxylic acids is 4. The second-order valence-electron chi connectivity index (χ2n) is 30.4. The molecule has 122 heavy (non-hydrogen) atoms. The van der Waals surface area contributed by atoms with Gasteiger partial charge in [0.2, 0.25) is 11.8 Å². The lowest BCUT2D eigenvalue weighted by Gasteiger charge is -2.37. The summed E-state index contributed by atoms with van der Waals surface area (Å²) in [4.78, 5) is 83.1. The van der Waals surface area contributed by atoms with Gasteiger partial charge in [0.05, 0.1) is 90.8 Å². The maximum Gasteiger partial charge on any atom is 0.475 e. The van der Waals surface area contributed by atoms with Crippen LogP contribution in [0.25, 0.3) is 33.5 Å². The highest BCUT2D eigenvalue weighted by atomic mass is 31.2. The van der Waals surface area contributed by atoms with E-state index in [1.54, 1.807) is 54.7 Å². The molecule has 14 rings (SSSR count). The molecule has 32 heteroatoms. The van der Waals surface area contributed by atoms with Gasteiger partial charge in [0.25, 0.3) is 5.91 Å². The van der Waals surface area contributed by atoms with E-state index in [9.17, 15) is 29.7 Å². The number of nitrogens with one attached hydrogen (secondary N) is 3. The molecule has 2 saturated heterocycles. The molecule has 6 heterocycles. The van der Waals surface area contributed by atoms with E-state index in [0.29, 0.717) is 34.6 Å². The zero-order valence-corrected chi connectivity index (χ0v) is 70.4. The average molecular weight is 1690 g/mol. The molecule has 2 aliphatic heterocycles. The largest absolute Gasteiger partial charge is 0.497 e. The summed E-state index contributed by atoms with van der Waals surface area (Å²) >= 11 is 0. The first-order valence-electron chi connectivity index (χ1n) is 40.5. The number of methoxy groups -OCH3 is 2. The maximum atomic E-state index is 16.2. The minimum absolute atomic E-state index is 0.0221. The summed E-state index contributed by atoms with van der Waals surface area (Å²) in [6, 6.07) is 61.3. The molecule has 0 spiro atoms. The molecule has 4 aromatic heterocycles. The number of nitriles is 2. The Morgan fingerprint density at radius 2 is 1.15 bits per heavy atom. The molecule has 632 valence electrons. The number of phosphoric ester groups is 1. The first-order valence-corrected chi connectivity index (χ1v) is 43.2. The third-order valence-electron chi connectivity index (χ3n) is 21.7. The molecule has 3 N–H and O–H groups in total. The molecule has 2 unspecified atom stereocenters. The van der Waals surface area contributed by atoms with E-state index in [4.69, 9.17) is 61.0 Å². The van der Waals surface area contributed by atoms with Gasteiger partial charge in [0, 0.05) is 56.5 Å². The summed E-state index contributed by atoms with van der Waals surface area (Å²) in [5.41, 5.74) is 7.98. The van der Waals surface area contributed by atoms with Gasteiger partial charge in [-0.05, 0) is 105 Å². The van der Waals surface area contributed by atoms with Crippen molar-refractivity contribution in [1.82, 2.24) is 49.3 Å². The molecule has 3 aliphatic rings. The zero-order chi connectivity index (χ0) is 85.3. The Hall–Kier alpha value is -11.8. The quantitative estimate of drug-likeness (QED) is 0.0183. The summed E-state index contributed by atoms with van der Waals surface area (Å²) in [6.07, 6.45) is -0.691. The van der Waals surface area contributed by atoms with Gasteiger partial charge in [0.1, 0.15) is 67.1 Å². The lowest BCUT2D eigenvalue weighted by Crippen LogP contribution is -2.38. The normalized spacial score (nSPS) is 17.6. The Kier molecular flexibility index (Phi) is 28.6. The molecular formula is C90H96N14O16P2. The number of amides is 4. The number of rotatable bonds is 39. The van der Waals surface area contributed by atoms with Crippen LogP contribution in [0.1, 0.15) is 134 Å². The van der Waals surface area contributed by atoms with Gasteiger partial charge in [0.15, 0.2) is 42.3 Å². The van der Waals surface area contributed by atoms with E-state index in [0.717, 1.165) is 38.9 Å². The van der Waals surface area contributed by atoms with Crippen molar-refractivity contribution in [1.29, 1.82) is 10.5 Å². The summed E-state index contributed by atoms with van der Waals surface area (Å²) < 4.78 is 91.6. The summed E-state index contributed by atoms with van der Waals surface area (Å²) in [5.74, 6) is 0.380. The molecule has 11 aromatic rings. The minimum atomic E-state index is -4.93. The summed E-state index contributed by atoms with van der Waals surface area (Å²) in [5, 5.41) is 28.5. The van der Waals surface area contributed by atoms with Crippen LogP contribution < -0.4 is 25.4 Å². The number of aromatic nitrogens is 8. The van der Waals surface area contributed by atoms with E-state index >= 15 is 4.57 Å². The number of fused-ring (bicyclic) bond motifs is 5. The van der Waals surface area contributed by atoms with E-state index < -0.39 is 83.9 Å². The number of anilines is 2. The van der Waals surface area contributed by atoms with Crippen LogP contribution in [0, 0.1) is 34.5 Å². The van der Waals surface area contributed by atoms with Crippen LogP contribution in [0.2, 0.25) is 0 Å². The second-order valence-corrected chi connectivity index (χ2v) is 33.6. The molecule has 0 bridgehead atoms. The van der Waals surface area contributed by atoms with Gasteiger partial charge in [-0.1, -0.05) is 173 Å². The van der Waals surface area contributed by atoms with Gasteiger partial charge in [-0.2, -0.15) is 10.5 Å². The molecule has 7 aromatic carbocycles. The first-order chi connectivity index (χ1) is 59.3. The molecule has 30 nitrogen and oxygen atoms in total.